The number of nitrogens with zero attached hydrogens (tertiary/aromatic N) is 3. The van der Waals surface area contributed by atoms with Gasteiger partial charge in [-0.2, -0.15) is 0 Å². The van der Waals surface area contributed by atoms with Gasteiger partial charge in [0.05, 0.1) is 12.2 Å². The molecule has 4 N–H and O–H groups in total. The molecule has 2 aromatic carbocycles. The highest BCUT2D eigenvalue weighted by Crippen LogP contribution is 2.45. The van der Waals surface area contributed by atoms with Gasteiger partial charge in [-0.1, -0.05) is 62.1 Å². The number of nitrogens with one attached hydrogen (secondary N) is 4. The Morgan fingerprint density at radius 2 is 1.52 bits per heavy atom. The summed E-state index contributed by atoms with van der Waals surface area (Å²) < 4.78 is 41.3. The molecular weight excluding hydrogens is 791 g/mol. The van der Waals surface area contributed by atoms with Crippen LogP contribution in [0.4, 0.5) is 21.0 Å². The van der Waals surface area contributed by atoms with E-state index < -0.39 is 69.6 Å². The molecule has 5 atom stereocenters. The fraction of sp³-hybridized carbons (Fsp3) is 0.558. The summed E-state index contributed by atoms with van der Waals surface area (Å²) in [6.07, 6.45) is 6.50. The summed E-state index contributed by atoms with van der Waals surface area (Å²) in [7, 11) is -4.40. The van der Waals surface area contributed by atoms with Crippen LogP contribution in [0, 0.1) is 5.92 Å². The van der Waals surface area contributed by atoms with Crippen LogP contribution in [0.2, 0.25) is 0 Å². The molecule has 324 valence electrons. The number of hydrogen-bond donors (Lipinski definition) is 4. The predicted molar refractivity (Wildman–Crippen MR) is 223 cm³/mol. The van der Waals surface area contributed by atoms with E-state index in [1.165, 1.54) is 17.0 Å². The molecule has 0 unspecified atom stereocenters. The van der Waals surface area contributed by atoms with E-state index in [1.54, 1.807) is 23.1 Å². The molecule has 5 amide bonds. The Bertz CT molecular complexity index is 2010. The van der Waals surface area contributed by atoms with Crippen LogP contribution in [0.1, 0.15) is 77.0 Å². The second-order valence-electron chi connectivity index (χ2n) is 16.5. The first-order chi connectivity index (χ1) is 29.0. The minimum absolute atomic E-state index is 0.0781. The number of para-hydroxylation sites is 2. The Balaban J connectivity index is 1.13. The smallest absolute Gasteiger partial charge is 0.410 e. The molecular formula is C43H57N7O9S. The van der Waals surface area contributed by atoms with Crippen LogP contribution in [0.3, 0.4) is 0 Å². The van der Waals surface area contributed by atoms with Crippen LogP contribution in [0.5, 0.6) is 0 Å². The van der Waals surface area contributed by atoms with E-state index in [0.717, 1.165) is 57.1 Å². The van der Waals surface area contributed by atoms with Crippen molar-refractivity contribution in [1.82, 2.24) is 25.2 Å². The second kappa shape index (κ2) is 18.9. The Labute approximate surface area is 351 Å². The van der Waals surface area contributed by atoms with E-state index >= 15 is 0 Å². The van der Waals surface area contributed by atoms with E-state index in [1.807, 2.05) is 30.3 Å². The lowest BCUT2D eigenvalue weighted by Crippen LogP contribution is -2.58. The number of hydrogen-bond acceptors (Lipinski definition) is 11. The van der Waals surface area contributed by atoms with Crippen LogP contribution in [-0.2, 0) is 33.9 Å². The molecule has 2 saturated heterocycles. The largest absolute Gasteiger partial charge is 0.446 e. The van der Waals surface area contributed by atoms with Crippen molar-refractivity contribution in [3.63, 3.8) is 0 Å². The van der Waals surface area contributed by atoms with Crippen molar-refractivity contribution >= 4 is 51.3 Å². The summed E-state index contributed by atoms with van der Waals surface area (Å²) >= 11 is 0. The monoisotopic (exact) mass is 847 g/mol. The molecule has 1 spiro atoms. The van der Waals surface area contributed by atoms with Gasteiger partial charge in [-0.3, -0.25) is 14.4 Å². The number of ether oxygens (including phenoxy) is 2. The van der Waals surface area contributed by atoms with Crippen molar-refractivity contribution in [2.45, 2.75) is 112 Å². The van der Waals surface area contributed by atoms with E-state index in [-0.39, 0.29) is 36.8 Å². The number of rotatable bonds is 5. The first-order valence-corrected chi connectivity index (χ1v) is 22.8. The highest BCUT2D eigenvalue weighted by molar-refractivity contribution is 7.90. The molecule has 17 heteroatoms. The average Bonchev–Trinajstić information content (AvgIpc) is 3.49. The molecule has 3 aliphatic heterocycles. The van der Waals surface area contributed by atoms with Crippen molar-refractivity contribution in [3.05, 3.63) is 67.3 Å². The summed E-state index contributed by atoms with van der Waals surface area (Å²) in [5.74, 6) is -2.80. The molecule has 0 aromatic heterocycles. The number of benzene rings is 2. The number of alkyl carbamates (subject to hydrolysis) is 1. The molecule has 4 fully saturated rings. The molecule has 5 aliphatic rings. The standard InChI is InChI=1S/C43H57N7O9S/c1-2-30-28-43(30)40(53)47-60(56,57)37-21-13-12-19-34(37)44-22-14-5-3-4-9-20-35(45-41(54)58-32-17-10-11-18-32)39(52)50-29-33(27-36(50)38(51)46-43)59-42(55)49-25-23-48(24-26-49)31-15-7-6-8-16-31/h2,6-8,12-13,15-16,19,21,30,32-33,35-36,44H,1,3-5,9-11,14,17-18,20,22-29H2,(H,45,54)(H,46,51)(H,47,53)/t30-,33-,35+,36+,43-/m1/s1. The molecule has 2 saturated carbocycles. The van der Waals surface area contributed by atoms with Crippen molar-refractivity contribution in [2.24, 2.45) is 5.92 Å². The minimum Gasteiger partial charge on any atom is -0.446 e. The zero-order chi connectivity index (χ0) is 42.3. The summed E-state index contributed by atoms with van der Waals surface area (Å²) in [6.45, 7) is 6.17. The minimum atomic E-state index is -4.40. The maximum absolute atomic E-state index is 14.6. The molecule has 2 aromatic rings. The van der Waals surface area contributed by atoms with Gasteiger partial charge in [0.15, 0.2) is 0 Å². The third-order valence-electron chi connectivity index (χ3n) is 12.4. The molecule has 2 aliphatic carbocycles. The lowest BCUT2D eigenvalue weighted by atomic mass is 10.0. The van der Waals surface area contributed by atoms with Gasteiger partial charge < -0.3 is 40.1 Å². The summed E-state index contributed by atoms with van der Waals surface area (Å²) in [4.78, 5) is 74.9. The lowest BCUT2D eigenvalue weighted by Gasteiger charge is -2.36. The summed E-state index contributed by atoms with van der Waals surface area (Å²) in [5, 5.41) is 8.77. The molecule has 3 heterocycles. The van der Waals surface area contributed by atoms with E-state index in [9.17, 15) is 32.4 Å². The van der Waals surface area contributed by atoms with Gasteiger partial charge in [-0.25, -0.2) is 22.7 Å². The van der Waals surface area contributed by atoms with Crippen LogP contribution in [0.15, 0.2) is 72.1 Å². The van der Waals surface area contributed by atoms with Crippen LogP contribution < -0.4 is 25.6 Å². The van der Waals surface area contributed by atoms with E-state index in [0.29, 0.717) is 44.8 Å². The van der Waals surface area contributed by atoms with Crippen LogP contribution >= 0.6 is 0 Å². The zero-order valence-corrected chi connectivity index (χ0v) is 34.8. The Kier molecular flexibility index (Phi) is 13.5. The van der Waals surface area contributed by atoms with E-state index in [4.69, 9.17) is 9.47 Å². The third-order valence-corrected chi connectivity index (χ3v) is 13.8. The third kappa shape index (κ3) is 9.99. The molecule has 0 radical (unpaired) electrons. The molecule has 7 rings (SSSR count). The van der Waals surface area contributed by atoms with Gasteiger partial charge in [0, 0.05) is 50.7 Å². The van der Waals surface area contributed by atoms with Crippen molar-refractivity contribution in [1.29, 1.82) is 0 Å². The first-order valence-electron chi connectivity index (χ1n) is 21.4. The lowest BCUT2D eigenvalue weighted by molar-refractivity contribution is -0.141. The van der Waals surface area contributed by atoms with E-state index in [2.05, 4.69) is 32.2 Å². The number of sulfonamides is 1. The first kappa shape index (κ1) is 42.8. The second-order valence-corrected chi connectivity index (χ2v) is 18.1. The fourth-order valence-corrected chi connectivity index (χ4v) is 10.1. The van der Waals surface area contributed by atoms with Crippen molar-refractivity contribution in [2.75, 3.05) is 49.5 Å². The van der Waals surface area contributed by atoms with Crippen LogP contribution in [0.25, 0.3) is 0 Å². The zero-order valence-electron chi connectivity index (χ0n) is 34.0. The number of carbonyl (C=O) groups excluding carboxylic acids is 5. The van der Waals surface area contributed by atoms with Crippen molar-refractivity contribution < 1.29 is 41.9 Å². The van der Waals surface area contributed by atoms with Gasteiger partial charge in [0.1, 0.15) is 34.7 Å². The highest BCUT2D eigenvalue weighted by Gasteiger charge is 2.61. The Morgan fingerprint density at radius 3 is 2.25 bits per heavy atom. The van der Waals surface area contributed by atoms with Crippen LogP contribution in [-0.4, -0.2) is 117 Å². The van der Waals surface area contributed by atoms with Gasteiger partial charge in [-0.05, 0) is 69.2 Å². The fourth-order valence-electron chi connectivity index (χ4n) is 8.85. The summed E-state index contributed by atoms with van der Waals surface area (Å²) in [5.41, 5.74) is -0.267. The van der Waals surface area contributed by atoms with Gasteiger partial charge >= 0.3 is 12.2 Å². The maximum Gasteiger partial charge on any atom is 0.410 e. The number of fused-ring (bicyclic) bond motifs is 2. The number of amides is 5. The predicted octanol–water partition coefficient (Wildman–Crippen LogP) is 4.28. The number of carbonyl (C=O) groups is 5. The SMILES string of the molecule is C=C[C@@H]1C[C@@]12NC(=O)[C@@H]1C[C@@H](OC(=O)N3CCN(c4ccccc4)CC3)CN1C(=O)[C@@H](NC(=O)OC1CCCC1)CCCCCCCNc1ccccc1S(=O)(=O)NC2=O. The number of piperazine rings is 1. The van der Waals surface area contributed by atoms with Gasteiger partial charge in [0.25, 0.3) is 15.9 Å². The normalized spacial score (nSPS) is 28.0. The molecule has 16 nitrogen and oxygen atoms in total. The van der Waals surface area contributed by atoms with Gasteiger partial charge in [0.2, 0.25) is 11.8 Å². The Morgan fingerprint density at radius 1 is 0.833 bits per heavy atom. The van der Waals surface area contributed by atoms with Crippen molar-refractivity contribution in [3.8, 4) is 0 Å². The maximum atomic E-state index is 14.6. The summed E-state index contributed by atoms with van der Waals surface area (Å²) in [6, 6.07) is 14.0. The quantitative estimate of drug-likeness (QED) is 0.314. The topological polar surface area (TPSA) is 196 Å². The highest BCUT2D eigenvalue weighted by atomic mass is 32.2. The molecule has 0 bridgehead atoms. The number of anilines is 2. The van der Waals surface area contributed by atoms with Gasteiger partial charge in [-0.15, -0.1) is 6.58 Å². The molecule has 60 heavy (non-hydrogen) atoms. The average molecular weight is 848 g/mol. The Hall–Kier alpha value is -5.32.